The number of anilines is 2. The second-order valence-electron chi connectivity index (χ2n) is 4.92. The molecule has 0 saturated heterocycles. The maximum atomic E-state index is 4.44. The second-order valence-corrected chi connectivity index (χ2v) is 4.92. The van der Waals surface area contributed by atoms with Gasteiger partial charge >= 0.3 is 0 Å². The summed E-state index contributed by atoms with van der Waals surface area (Å²) in [6, 6.07) is 0.520. The van der Waals surface area contributed by atoms with Crippen molar-refractivity contribution < 1.29 is 0 Å². The van der Waals surface area contributed by atoms with Gasteiger partial charge in [0.1, 0.15) is 5.82 Å². The molecule has 0 aliphatic heterocycles. The van der Waals surface area contributed by atoms with Gasteiger partial charge in [0.25, 0.3) is 0 Å². The van der Waals surface area contributed by atoms with E-state index in [-0.39, 0.29) is 0 Å². The van der Waals surface area contributed by atoms with Crippen molar-refractivity contribution in [2.24, 2.45) is 0 Å². The minimum Gasteiger partial charge on any atom is -0.369 e. The van der Waals surface area contributed by atoms with Gasteiger partial charge in [-0.15, -0.1) is 5.10 Å². The lowest BCUT2D eigenvalue weighted by Gasteiger charge is -2.22. The fourth-order valence-corrected chi connectivity index (χ4v) is 2.27. The molecule has 18 heavy (non-hydrogen) atoms. The first kappa shape index (κ1) is 13.1. The van der Waals surface area contributed by atoms with Gasteiger partial charge in [0.15, 0.2) is 0 Å². The zero-order valence-corrected chi connectivity index (χ0v) is 11.2. The van der Waals surface area contributed by atoms with Crippen molar-refractivity contribution in [2.45, 2.75) is 57.9 Å². The van der Waals surface area contributed by atoms with Crippen LogP contribution in [-0.2, 0) is 0 Å². The van der Waals surface area contributed by atoms with Gasteiger partial charge in [-0.05, 0) is 19.3 Å². The van der Waals surface area contributed by atoms with Gasteiger partial charge in [0.05, 0.1) is 6.20 Å². The Bertz CT molecular complexity index is 349. The molecule has 1 heterocycles. The SMILES string of the molecule is CCCCNc1cnnc(NC2CCCCC2)n1. The number of aromatic nitrogens is 3. The molecular weight excluding hydrogens is 226 g/mol. The first-order chi connectivity index (χ1) is 8.88. The van der Waals surface area contributed by atoms with Gasteiger partial charge in [-0.1, -0.05) is 32.6 Å². The highest BCUT2D eigenvalue weighted by molar-refractivity contribution is 5.37. The van der Waals surface area contributed by atoms with E-state index in [4.69, 9.17) is 0 Å². The molecule has 0 spiro atoms. The molecule has 1 fully saturated rings. The number of hydrogen-bond donors (Lipinski definition) is 2. The lowest BCUT2D eigenvalue weighted by Crippen LogP contribution is -2.24. The summed E-state index contributed by atoms with van der Waals surface area (Å²) >= 11 is 0. The van der Waals surface area contributed by atoms with Crippen LogP contribution < -0.4 is 10.6 Å². The van der Waals surface area contributed by atoms with Crippen LogP contribution in [0.15, 0.2) is 6.20 Å². The van der Waals surface area contributed by atoms with Crippen LogP contribution in [0.2, 0.25) is 0 Å². The third kappa shape index (κ3) is 4.13. The smallest absolute Gasteiger partial charge is 0.244 e. The van der Waals surface area contributed by atoms with Gasteiger partial charge in [-0.25, -0.2) is 0 Å². The minimum absolute atomic E-state index is 0.520. The first-order valence-corrected chi connectivity index (χ1v) is 7.08. The highest BCUT2D eigenvalue weighted by Gasteiger charge is 2.14. The van der Waals surface area contributed by atoms with E-state index in [0.29, 0.717) is 12.0 Å². The summed E-state index contributed by atoms with van der Waals surface area (Å²) in [4.78, 5) is 4.44. The van der Waals surface area contributed by atoms with Crippen LogP contribution in [0.4, 0.5) is 11.8 Å². The third-order valence-electron chi connectivity index (χ3n) is 3.33. The Balaban J connectivity index is 1.85. The highest BCUT2D eigenvalue weighted by Crippen LogP contribution is 2.20. The first-order valence-electron chi connectivity index (χ1n) is 7.08. The minimum atomic E-state index is 0.520. The average molecular weight is 249 g/mol. The molecule has 1 aromatic rings. The van der Waals surface area contributed by atoms with Gasteiger partial charge in [-0.3, -0.25) is 0 Å². The van der Waals surface area contributed by atoms with Crippen molar-refractivity contribution in [1.82, 2.24) is 15.2 Å². The van der Waals surface area contributed by atoms with Crippen molar-refractivity contribution in [1.29, 1.82) is 0 Å². The molecule has 1 saturated carbocycles. The predicted molar refractivity (Wildman–Crippen MR) is 73.7 cm³/mol. The monoisotopic (exact) mass is 249 g/mol. The molecule has 0 amide bonds. The molecule has 1 aliphatic rings. The summed E-state index contributed by atoms with van der Waals surface area (Å²) in [5, 5.41) is 14.7. The van der Waals surface area contributed by atoms with E-state index in [1.807, 2.05) is 0 Å². The largest absolute Gasteiger partial charge is 0.369 e. The van der Waals surface area contributed by atoms with Crippen molar-refractivity contribution in [3.63, 3.8) is 0 Å². The van der Waals surface area contributed by atoms with Gasteiger partial charge in [0.2, 0.25) is 5.95 Å². The summed E-state index contributed by atoms with van der Waals surface area (Å²) in [5.41, 5.74) is 0. The number of nitrogens with zero attached hydrogens (tertiary/aromatic N) is 3. The lowest BCUT2D eigenvalue weighted by atomic mass is 9.96. The molecule has 1 aliphatic carbocycles. The highest BCUT2D eigenvalue weighted by atomic mass is 15.3. The van der Waals surface area contributed by atoms with Crippen molar-refractivity contribution in [2.75, 3.05) is 17.2 Å². The summed E-state index contributed by atoms with van der Waals surface area (Å²) in [6.07, 6.45) is 10.4. The van der Waals surface area contributed by atoms with E-state index in [1.165, 1.54) is 38.5 Å². The molecule has 0 aromatic carbocycles. The molecule has 0 unspecified atom stereocenters. The normalized spacial score (nSPS) is 16.5. The summed E-state index contributed by atoms with van der Waals surface area (Å²) in [7, 11) is 0. The van der Waals surface area contributed by atoms with Crippen LogP contribution >= 0.6 is 0 Å². The molecule has 0 radical (unpaired) electrons. The van der Waals surface area contributed by atoms with Crippen molar-refractivity contribution >= 4 is 11.8 Å². The van der Waals surface area contributed by atoms with Gasteiger partial charge < -0.3 is 10.6 Å². The Morgan fingerprint density at radius 3 is 2.89 bits per heavy atom. The van der Waals surface area contributed by atoms with E-state index < -0.39 is 0 Å². The predicted octanol–water partition coefficient (Wildman–Crippen LogP) is 2.83. The molecule has 0 atom stereocenters. The zero-order chi connectivity index (χ0) is 12.6. The number of unbranched alkanes of at least 4 members (excludes halogenated alkanes) is 1. The van der Waals surface area contributed by atoms with E-state index in [9.17, 15) is 0 Å². The molecule has 2 rings (SSSR count). The molecular formula is C13H23N5. The van der Waals surface area contributed by atoms with E-state index in [0.717, 1.165) is 18.8 Å². The molecule has 5 heteroatoms. The molecule has 100 valence electrons. The maximum Gasteiger partial charge on any atom is 0.244 e. The quantitative estimate of drug-likeness (QED) is 0.759. The maximum absolute atomic E-state index is 4.44. The van der Waals surface area contributed by atoms with Crippen LogP contribution in [0.5, 0.6) is 0 Å². The second kappa shape index (κ2) is 7.13. The number of hydrogen-bond acceptors (Lipinski definition) is 5. The fourth-order valence-electron chi connectivity index (χ4n) is 2.27. The summed E-state index contributed by atoms with van der Waals surface area (Å²) in [6.45, 7) is 3.12. The zero-order valence-electron chi connectivity index (χ0n) is 11.2. The van der Waals surface area contributed by atoms with E-state index in [1.54, 1.807) is 6.20 Å². The Labute approximate surface area is 109 Å². The lowest BCUT2D eigenvalue weighted by molar-refractivity contribution is 0.460. The summed E-state index contributed by atoms with van der Waals surface area (Å²) < 4.78 is 0. The van der Waals surface area contributed by atoms with Crippen molar-refractivity contribution in [3.05, 3.63) is 6.20 Å². The van der Waals surface area contributed by atoms with Gasteiger partial charge in [0, 0.05) is 12.6 Å². The van der Waals surface area contributed by atoms with Crippen LogP contribution in [0.3, 0.4) is 0 Å². The molecule has 1 aromatic heterocycles. The van der Waals surface area contributed by atoms with Crippen molar-refractivity contribution in [3.8, 4) is 0 Å². The standard InChI is InChI=1S/C13H23N5/c1-2-3-9-14-12-10-15-18-13(17-12)16-11-7-5-4-6-8-11/h10-11H,2-9H2,1H3,(H2,14,16,17,18). The molecule has 2 N–H and O–H groups in total. The van der Waals surface area contributed by atoms with Gasteiger partial charge in [-0.2, -0.15) is 10.1 Å². The average Bonchev–Trinajstić information content (AvgIpc) is 2.41. The molecule has 0 bridgehead atoms. The number of rotatable bonds is 6. The summed E-state index contributed by atoms with van der Waals surface area (Å²) in [5.74, 6) is 1.47. The fraction of sp³-hybridized carbons (Fsp3) is 0.769. The van der Waals surface area contributed by atoms with Crippen LogP contribution in [0.25, 0.3) is 0 Å². The number of nitrogens with one attached hydrogen (secondary N) is 2. The van der Waals surface area contributed by atoms with Crippen LogP contribution in [0.1, 0.15) is 51.9 Å². The van der Waals surface area contributed by atoms with Crippen LogP contribution in [0, 0.1) is 0 Å². The third-order valence-corrected chi connectivity index (χ3v) is 3.33. The molecule has 5 nitrogen and oxygen atoms in total. The topological polar surface area (TPSA) is 62.7 Å². The Hall–Kier alpha value is -1.39. The van der Waals surface area contributed by atoms with Crippen LogP contribution in [-0.4, -0.2) is 27.8 Å². The van der Waals surface area contributed by atoms with E-state index >= 15 is 0 Å². The van der Waals surface area contributed by atoms with E-state index in [2.05, 4.69) is 32.7 Å². The Morgan fingerprint density at radius 1 is 1.28 bits per heavy atom. The Kier molecular flexibility index (Phi) is 5.17. The Morgan fingerprint density at radius 2 is 2.11 bits per heavy atom.